The molecule has 0 aliphatic heterocycles. The maximum absolute atomic E-state index is 13.0. The predicted octanol–water partition coefficient (Wildman–Crippen LogP) is 3.90. The van der Waals surface area contributed by atoms with Gasteiger partial charge in [-0.2, -0.15) is 18.4 Å². The van der Waals surface area contributed by atoms with Gasteiger partial charge >= 0.3 is 17.8 Å². The van der Waals surface area contributed by atoms with E-state index in [1.165, 1.54) is 24.3 Å². The average Bonchev–Trinajstić information content (AvgIpc) is 2.60. The summed E-state index contributed by atoms with van der Waals surface area (Å²) in [6, 6.07) is 11.2. The average molecular weight is 359 g/mol. The Morgan fingerprint density at radius 1 is 1.12 bits per heavy atom. The number of hydrogen-bond donors (Lipinski definition) is 0. The molecule has 0 radical (unpaired) electrons. The van der Waals surface area contributed by atoms with Gasteiger partial charge in [-0.25, -0.2) is 9.59 Å². The van der Waals surface area contributed by atoms with Crippen molar-refractivity contribution in [3.63, 3.8) is 0 Å². The van der Waals surface area contributed by atoms with Crippen molar-refractivity contribution in [2.24, 2.45) is 0 Å². The van der Waals surface area contributed by atoms with Crippen molar-refractivity contribution in [1.82, 2.24) is 0 Å². The third kappa shape index (κ3) is 3.42. The molecule has 0 N–H and O–H groups in total. The highest BCUT2D eigenvalue weighted by molar-refractivity contribution is 5.92. The lowest BCUT2D eigenvalue weighted by molar-refractivity contribution is -0.136. The van der Waals surface area contributed by atoms with Crippen molar-refractivity contribution < 1.29 is 27.1 Å². The molecule has 0 unspecified atom stereocenters. The highest BCUT2D eigenvalue weighted by atomic mass is 19.4. The normalized spacial score (nSPS) is 11.2. The summed E-state index contributed by atoms with van der Waals surface area (Å²) in [5.41, 5.74) is -2.33. The Labute approximate surface area is 143 Å². The van der Waals surface area contributed by atoms with Crippen molar-refractivity contribution in [3.05, 3.63) is 75.6 Å². The number of carbonyl (C=O) groups excluding carboxylic acids is 1. The summed E-state index contributed by atoms with van der Waals surface area (Å²) in [7, 11) is 0. The molecule has 5 nitrogen and oxygen atoms in total. The number of halogens is 3. The Kier molecular flexibility index (Phi) is 4.22. The van der Waals surface area contributed by atoms with Crippen LogP contribution in [0.1, 0.15) is 21.5 Å². The third-order valence-electron chi connectivity index (χ3n) is 3.46. The standard InChI is InChI=1S/C18H8F3NO4/c19-18(20,21)14-8-16(23)26-15-7-12(4-5-13(14)15)25-17(24)11-3-1-2-10(6-11)9-22/h1-8H. The van der Waals surface area contributed by atoms with Crippen molar-refractivity contribution in [3.8, 4) is 11.8 Å². The molecular weight excluding hydrogens is 351 g/mol. The van der Waals surface area contributed by atoms with Crippen LogP contribution in [0.2, 0.25) is 0 Å². The van der Waals surface area contributed by atoms with Gasteiger partial charge in [0, 0.05) is 17.5 Å². The SMILES string of the molecule is N#Cc1cccc(C(=O)Oc2ccc3c(C(F)(F)F)cc(=O)oc3c2)c1. The molecule has 1 aromatic heterocycles. The number of hydrogen-bond acceptors (Lipinski definition) is 5. The molecule has 3 aromatic rings. The van der Waals surface area contributed by atoms with Gasteiger partial charge in [0.15, 0.2) is 0 Å². The summed E-state index contributed by atoms with van der Waals surface area (Å²) in [5, 5.41) is 8.50. The zero-order chi connectivity index (χ0) is 18.9. The fraction of sp³-hybridized carbons (Fsp3) is 0.0556. The summed E-state index contributed by atoms with van der Waals surface area (Å²) < 4.78 is 48.9. The first-order chi connectivity index (χ1) is 12.3. The van der Waals surface area contributed by atoms with Crippen LogP contribution in [0.5, 0.6) is 5.75 Å². The molecule has 0 aliphatic carbocycles. The van der Waals surface area contributed by atoms with Crippen molar-refractivity contribution in [1.29, 1.82) is 5.26 Å². The van der Waals surface area contributed by atoms with Crippen LogP contribution in [-0.4, -0.2) is 5.97 Å². The summed E-state index contributed by atoms with van der Waals surface area (Å²) >= 11 is 0. The van der Waals surface area contributed by atoms with Crippen LogP contribution in [-0.2, 0) is 6.18 Å². The van der Waals surface area contributed by atoms with Gasteiger partial charge in [-0.3, -0.25) is 0 Å². The summed E-state index contributed by atoms with van der Waals surface area (Å²) in [6.45, 7) is 0. The lowest BCUT2D eigenvalue weighted by Crippen LogP contribution is -2.11. The molecule has 2 aromatic carbocycles. The van der Waals surface area contributed by atoms with E-state index < -0.39 is 23.3 Å². The van der Waals surface area contributed by atoms with E-state index in [1.54, 1.807) is 0 Å². The Morgan fingerprint density at radius 3 is 2.58 bits per heavy atom. The molecule has 130 valence electrons. The first kappa shape index (κ1) is 17.2. The number of nitrogens with zero attached hydrogens (tertiary/aromatic N) is 1. The topological polar surface area (TPSA) is 80.3 Å². The zero-order valence-corrected chi connectivity index (χ0v) is 12.8. The van der Waals surface area contributed by atoms with E-state index in [4.69, 9.17) is 14.4 Å². The van der Waals surface area contributed by atoms with Crippen molar-refractivity contribution >= 4 is 16.9 Å². The number of fused-ring (bicyclic) bond motifs is 1. The molecule has 0 spiro atoms. The number of benzene rings is 2. The molecule has 0 atom stereocenters. The predicted molar refractivity (Wildman–Crippen MR) is 83.6 cm³/mol. The molecule has 0 amide bonds. The van der Waals surface area contributed by atoms with E-state index in [2.05, 4.69) is 0 Å². The molecule has 0 bridgehead atoms. The van der Waals surface area contributed by atoms with Crippen molar-refractivity contribution in [2.45, 2.75) is 6.18 Å². The first-order valence-corrected chi connectivity index (χ1v) is 7.15. The quantitative estimate of drug-likeness (QED) is 0.394. The molecule has 3 rings (SSSR count). The number of nitriles is 1. The van der Waals surface area contributed by atoms with E-state index in [9.17, 15) is 22.8 Å². The van der Waals surface area contributed by atoms with Gasteiger partial charge in [0.25, 0.3) is 0 Å². The van der Waals surface area contributed by atoms with Crippen LogP contribution < -0.4 is 10.4 Å². The Hall–Kier alpha value is -3.60. The molecular formula is C18H8F3NO4. The van der Waals surface area contributed by atoms with E-state index >= 15 is 0 Å². The Morgan fingerprint density at radius 2 is 1.88 bits per heavy atom. The maximum atomic E-state index is 13.0. The minimum Gasteiger partial charge on any atom is -0.423 e. The molecule has 1 heterocycles. The maximum Gasteiger partial charge on any atom is 0.417 e. The van der Waals surface area contributed by atoms with Gasteiger partial charge < -0.3 is 9.15 Å². The van der Waals surface area contributed by atoms with Gasteiger partial charge in [-0.15, -0.1) is 0 Å². The van der Waals surface area contributed by atoms with Crippen LogP contribution in [0.3, 0.4) is 0 Å². The smallest absolute Gasteiger partial charge is 0.417 e. The monoisotopic (exact) mass is 359 g/mol. The van der Waals surface area contributed by atoms with E-state index in [0.29, 0.717) is 6.07 Å². The molecule has 0 fully saturated rings. The Bertz CT molecular complexity index is 1110. The molecule has 0 saturated heterocycles. The highest BCUT2D eigenvalue weighted by Gasteiger charge is 2.33. The van der Waals surface area contributed by atoms with Crippen molar-refractivity contribution in [2.75, 3.05) is 0 Å². The van der Waals surface area contributed by atoms with Gasteiger partial charge in [-0.1, -0.05) is 6.07 Å². The molecule has 0 saturated carbocycles. The first-order valence-electron chi connectivity index (χ1n) is 7.15. The molecule has 8 heteroatoms. The minimum absolute atomic E-state index is 0.0923. The fourth-order valence-corrected chi connectivity index (χ4v) is 2.32. The summed E-state index contributed by atoms with van der Waals surface area (Å²) in [6.07, 6.45) is -4.73. The number of alkyl halides is 3. The largest absolute Gasteiger partial charge is 0.423 e. The lowest BCUT2D eigenvalue weighted by Gasteiger charge is -2.10. The zero-order valence-electron chi connectivity index (χ0n) is 12.8. The third-order valence-corrected chi connectivity index (χ3v) is 3.46. The van der Waals surface area contributed by atoms with E-state index in [-0.39, 0.29) is 27.8 Å². The second-order valence-corrected chi connectivity index (χ2v) is 5.22. The van der Waals surface area contributed by atoms with Gasteiger partial charge in [0.05, 0.1) is 22.8 Å². The van der Waals surface area contributed by atoms with E-state index in [0.717, 1.165) is 18.2 Å². The van der Waals surface area contributed by atoms with Gasteiger partial charge in [0.1, 0.15) is 11.3 Å². The molecule has 26 heavy (non-hydrogen) atoms. The second-order valence-electron chi connectivity index (χ2n) is 5.22. The van der Waals surface area contributed by atoms with Gasteiger partial charge in [-0.05, 0) is 30.3 Å². The van der Waals surface area contributed by atoms with Crippen LogP contribution >= 0.6 is 0 Å². The van der Waals surface area contributed by atoms with Crippen LogP contribution in [0.25, 0.3) is 11.0 Å². The van der Waals surface area contributed by atoms with Crippen LogP contribution in [0.15, 0.2) is 57.7 Å². The van der Waals surface area contributed by atoms with Crippen LogP contribution in [0, 0.1) is 11.3 Å². The van der Waals surface area contributed by atoms with Crippen LogP contribution in [0.4, 0.5) is 13.2 Å². The number of esters is 1. The Balaban J connectivity index is 1.98. The number of ether oxygens (including phenoxy) is 1. The fourth-order valence-electron chi connectivity index (χ4n) is 2.32. The minimum atomic E-state index is -4.73. The van der Waals surface area contributed by atoms with E-state index in [1.807, 2.05) is 6.07 Å². The van der Waals surface area contributed by atoms with Gasteiger partial charge in [0.2, 0.25) is 0 Å². The number of rotatable bonds is 2. The highest BCUT2D eigenvalue weighted by Crippen LogP contribution is 2.34. The second kappa shape index (κ2) is 6.37. The lowest BCUT2D eigenvalue weighted by atomic mass is 10.1. The summed E-state index contributed by atoms with van der Waals surface area (Å²) in [4.78, 5) is 23.5. The summed E-state index contributed by atoms with van der Waals surface area (Å²) in [5.74, 6) is -0.914. The molecule has 0 aliphatic rings. The number of carbonyl (C=O) groups is 1.